The van der Waals surface area contributed by atoms with Crippen LogP contribution in [0.3, 0.4) is 0 Å². The van der Waals surface area contributed by atoms with E-state index in [1.807, 2.05) is 24.3 Å². The molecule has 1 aliphatic heterocycles. The number of piperidine rings is 1. The van der Waals surface area contributed by atoms with Crippen molar-refractivity contribution in [3.8, 4) is 11.5 Å². The Morgan fingerprint density at radius 2 is 1.83 bits per heavy atom. The Morgan fingerprint density at radius 3 is 2.59 bits per heavy atom. The fourth-order valence-electron chi connectivity index (χ4n) is 4.00. The first-order valence-corrected chi connectivity index (χ1v) is 10.4. The summed E-state index contributed by atoms with van der Waals surface area (Å²) in [6.07, 6.45) is 5.86. The first kappa shape index (κ1) is 23.5. The second-order valence-electron chi connectivity index (χ2n) is 7.57. The number of halogens is 2. The van der Waals surface area contributed by atoms with Crippen LogP contribution in [-0.4, -0.2) is 44.9 Å². The van der Waals surface area contributed by atoms with Crippen LogP contribution < -0.4 is 9.47 Å². The molecule has 1 saturated heterocycles. The van der Waals surface area contributed by atoms with Crippen LogP contribution in [0.25, 0.3) is 0 Å². The summed E-state index contributed by atoms with van der Waals surface area (Å²) >= 11 is 0. The van der Waals surface area contributed by atoms with Crippen molar-refractivity contribution in [2.24, 2.45) is 5.92 Å². The summed E-state index contributed by atoms with van der Waals surface area (Å²) in [5.74, 6) is 2.56. The summed E-state index contributed by atoms with van der Waals surface area (Å²) in [5.41, 5.74) is 2.58. The molecule has 0 spiro atoms. The van der Waals surface area contributed by atoms with Crippen molar-refractivity contribution in [3.05, 3.63) is 59.7 Å². The van der Waals surface area contributed by atoms with E-state index >= 15 is 0 Å². The Morgan fingerprint density at radius 1 is 1.03 bits per heavy atom. The van der Waals surface area contributed by atoms with E-state index in [9.17, 15) is 4.39 Å². The molecule has 2 aromatic carbocycles. The van der Waals surface area contributed by atoms with Gasteiger partial charge in [-0.25, -0.2) is 4.39 Å². The molecular weight excluding hydrogens is 389 g/mol. The highest BCUT2D eigenvalue weighted by molar-refractivity contribution is 5.85. The summed E-state index contributed by atoms with van der Waals surface area (Å²) in [5, 5.41) is 0. The minimum absolute atomic E-state index is 0. The smallest absolute Gasteiger partial charge is 0.123 e. The van der Waals surface area contributed by atoms with Crippen LogP contribution >= 0.6 is 12.4 Å². The Labute approximate surface area is 180 Å². The molecule has 2 aromatic rings. The molecule has 0 N–H and O–H groups in total. The van der Waals surface area contributed by atoms with Crippen molar-refractivity contribution in [2.45, 2.75) is 32.1 Å². The number of benzene rings is 2. The number of likely N-dealkylation sites (tertiary alicyclic amines) is 1. The SMILES string of the molecule is COc1ccccc1CCN1CCC(CCc2cccc(OCCF)c2)CC1.Cl. The predicted molar refractivity (Wildman–Crippen MR) is 119 cm³/mol. The lowest BCUT2D eigenvalue weighted by Crippen LogP contribution is -2.35. The number of hydrogen-bond donors (Lipinski definition) is 0. The second-order valence-corrected chi connectivity index (χ2v) is 7.57. The van der Waals surface area contributed by atoms with E-state index in [4.69, 9.17) is 9.47 Å². The predicted octanol–water partition coefficient (Wildman–Crippen LogP) is 5.35. The molecule has 0 saturated carbocycles. The summed E-state index contributed by atoms with van der Waals surface area (Å²) < 4.78 is 23.1. The molecule has 0 amide bonds. The number of aryl methyl sites for hydroxylation is 1. The van der Waals surface area contributed by atoms with E-state index in [1.54, 1.807) is 7.11 Å². The fraction of sp³-hybridized carbons (Fsp3) is 0.500. The number of alkyl halides is 1. The molecule has 160 valence electrons. The number of methoxy groups -OCH3 is 1. The molecule has 29 heavy (non-hydrogen) atoms. The quantitative estimate of drug-likeness (QED) is 0.516. The topological polar surface area (TPSA) is 21.7 Å². The number of rotatable bonds is 10. The van der Waals surface area contributed by atoms with Gasteiger partial charge in [-0.1, -0.05) is 30.3 Å². The van der Waals surface area contributed by atoms with Crippen LogP contribution in [0.15, 0.2) is 48.5 Å². The van der Waals surface area contributed by atoms with E-state index in [1.165, 1.54) is 43.5 Å². The Hall–Kier alpha value is -1.78. The van der Waals surface area contributed by atoms with Gasteiger partial charge in [0.1, 0.15) is 24.8 Å². The third-order valence-electron chi connectivity index (χ3n) is 5.68. The van der Waals surface area contributed by atoms with Gasteiger partial charge >= 0.3 is 0 Å². The highest BCUT2D eigenvalue weighted by Crippen LogP contribution is 2.25. The molecule has 0 atom stereocenters. The fourth-order valence-corrected chi connectivity index (χ4v) is 4.00. The Bertz CT molecular complexity index is 720. The average molecular weight is 422 g/mol. The van der Waals surface area contributed by atoms with E-state index in [2.05, 4.69) is 29.2 Å². The monoisotopic (exact) mass is 421 g/mol. The molecule has 0 aromatic heterocycles. The lowest BCUT2D eigenvalue weighted by Gasteiger charge is -2.32. The van der Waals surface area contributed by atoms with Gasteiger partial charge in [0.05, 0.1) is 7.11 Å². The maximum atomic E-state index is 12.3. The van der Waals surface area contributed by atoms with Crippen molar-refractivity contribution in [3.63, 3.8) is 0 Å². The zero-order valence-corrected chi connectivity index (χ0v) is 18.1. The summed E-state index contributed by atoms with van der Waals surface area (Å²) in [7, 11) is 1.74. The molecule has 1 heterocycles. The highest BCUT2D eigenvalue weighted by Gasteiger charge is 2.19. The zero-order chi connectivity index (χ0) is 19.6. The van der Waals surface area contributed by atoms with E-state index in [0.717, 1.165) is 36.8 Å². The molecule has 3 rings (SSSR count). The van der Waals surface area contributed by atoms with Crippen molar-refractivity contribution in [1.82, 2.24) is 4.90 Å². The molecule has 0 bridgehead atoms. The van der Waals surface area contributed by atoms with E-state index in [-0.39, 0.29) is 19.0 Å². The van der Waals surface area contributed by atoms with Gasteiger partial charge in [0.25, 0.3) is 0 Å². The van der Waals surface area contributed by atoms with E-state index in [0.29, 0.717) is 0 Å². The van der Waals surface area contributed by atoms with Gasteiger partial charge in [-0.2, -0.15) is 0 Å². The second kappa shape index (κ2) is 12.7. The average Bonchev–Trinajstić information content (AvgIpc) is 2.76. The number of hydrogen-bond acceptors (Lipinski definition) is 3. The molecule has 3 nitrogen and oxygen atoms in total. The van der Waals surface area contributed by atoms with Crippen LogP contribution in [0, 0.1) is 5.92 Å². The molecule has 0 unspecified atom stereocenters. The van der Waals surface area contributed by atoms with Gasteiger partial charge < -0.3 is 14.4 Å². The molecule has 1 fully saturated rings. The summed E-state index contributed by atoms with van der Waals surface area (Å²) in [6.45, 7) is 3.15. The van der Waals surface area contributed by atoms with Crippen LogP contribution in [-0.2, 0) is 12.8 Å². The minimum Gasteiger partial charge on any atom is -0.496 e. The third-order valence-corrected chi connectivity index (χ3v) is 5.68. The van der Waals surface area contributed by atoms with Crippen molar-refractivity contribution < 1.29 is 13.9 Å². The number of nitrogens with zero attached hydrogens (tertiary/aromatic N) is 1. The molecular formula is C24H33ClFNO2. The molecule has 1 aliphatic rings. The minimum atomic E-state index is -0.445. The third kappa shape index (κ3) is 7.52. The van der Waals surface area contributed by atoms with Crippen LogP contribution in [0.2, 0.25) is 0 Å². The normalized spacial score (nSPS) is 15.0. The van der Waals surface area contributed by atoms with Gasteiger partial charge in [0.2, 0.25) is 0 Å². The summed E-state index contributed by atoms with van der Waals surface area (Å²) in [6, 6.07) is 16.4. The lowest BCUT2D eigenvalue weighted by molar-refractivity contribution is 0.180. The van der Waals surface area contributed by atoms with Gasteiger partial charge in [-0.05, 0) is 80.4 Å². The summed E-state index contributed by atoms with van der Waals surface area (Å²) in [4.78, 5) is 2.58. The van der Waals surface area contributed by atoms with Gasteiger partial charge in [0, 0.05) is 6.54 Å². The largest absolute Gasteiger partial charge is 0.496 e. The number of para-hydroxylation sites is 1. The van der Waals surface area contributed by atoms with Crippen LogP contribution in [0.5, 0.6) is 11.5 Å². The first-order valence-electron chi connectivity index (χ1n) is 10.4. The first-order chi connectivity index (χ1) is 13.8. The van der Waals surface area contributed by atoms with Crippen LogP contribution in [0.1, 0.15) is 30.4 Å². The Kier molecular flexibility index (Phi) is 10.3. The molecule has 0 aliphatic carbocycles. The Balaban J connectivity index is 0.00000300. The number of ether oxygens (including phenoxy) is 2. The van der Waals surface area contributed by atoms with Gasteiger partial charge in [-0.3, -0.25) is 0 Å². The maximum Gasteiger partial charge on any atom is 0.123 e. The van der Waals surface area contributed by atoms with Gasteiger partial charge in [-0.15, -0.1) is 12.4 Å². The van der Waals surface area contributed by atoms with Gasteiger partial charge in [0.15, 0.2) is 0 Å². The lowest BCUT2D eigenvalue weighted by atomic mass is 9.90. The van der Waals surface area contributed by atoms with Crippen molar-refractivity contribution in [2.75, 3.05) is 40.0 Å². The van der Waals surface area contributed by atoms with Crippen molar-refractivity contribution in [1.29, 1.82) is 0 Å². The zero-order valence-electron chi connectivity index (χ0n) is 17.3. The van der Waals surface area contributed by atoms with Crippen LogP contribution in [0.4, 0.5) is 4.39 Å². The van der Waals surface area contributed by atoms with Crippen molar-refractivity contribution >= 4 is 12.4 Å². The van der Waals surface area contributed by atoms with E-state index < -0.39 is 6.67 Å². The highest BCUT2D eigenvalue weighted by atomic mass is 35.5. The molecule has 5 heteroatoms. The molecule has 0 radical (unpaired) electrons. The maximum absolute atomic E-state index is 12.3. The standard InChI is InChI=1S/C24H32FNO2.ClH/c1-27-24-8-3-2-6-22(24)13-17-26-15-11-20(12-16-26)9-10-21-5-4-7-23(19-21)28-18-14-25;/h2-8,19-20H,9-18H2,1H3;1H.